The summed E-state index contributed by atoms with van der Waals surface area (Å²) in [5, 5.41) is 0.832. The molecule has 2 aromatic rings. The van der Waals surface area contributed by atoms with E-state index in [0.29, 0.717) is 5.02 Å². The molecule has 0 saturated carbocycles. The second-order valence-electron chi connectivity index (χ2n) is 3.80. The van der Waals surface area contributed by atoms with Crippen LogP contribution in [0, 0.1) is 5.82 Å². The van der Waals surface area contributed by atoms with Gasteiger partial charge in [-0.2, -0.15) is 0 Å². The Labute approximate surface area is 129 Å². The lowest BCUT2D eigenvalue weighted by atomic mass is 10.2. The lowest BCUT2D eigenvalue weighted by Gasteiger charge is -2.12. The van der Waals surface area contributed by atoms with Crippen molar-refractivity contribution in [2.75, 3.05) is 5.43 Å². The standard InChI is InChI=1S/C13H8Cl3FN2O/c14-7-5-9(15)12(10(16)6-7)18-19-13(20)8-3-1-2-4-11(8)17/h1-6,18H,(H,19,20). The summed E-state index contributed by atoms with van der Waals surface area (Å²) in [5.41, 5.74) is 5.05. The first kappa shape index (κ1) is 14.9. The van der Waals surface area contributed by atoms with Crippen molar-refractivity contribution >= 4 is 46.4 Å². The molecule has 0 spiro atoms. The summed E-state index contributed by atoms with van der Waals surface area (Å²) in [7, 11) is 0. The number of halogens is 4. The van der Waals surface area contributed by atoms with Gasteiger partial charge in [0.05, 0.1) is 21.3 Å². The summed E-state index contributed by atoms with van der Waals surface area (Å²) in [6, 6.07) is 8.53. The first-order valence-corrected chi connectivity index (χ1v) is 6.58. The molecule has 0 heterocycles. The highest BCUT2D eigenvalue weighted by atomic mass is 35.5. The van der Waals surface area contributed by atoms with Crippen LogP contribution in [0.15, 0.2) is 36.4 Å². The topological polar surface area (TPSA) is 41.1 Å². The number of rotatable bonds is 3. The molecule has 0 aliphatic heterocycles. The van der Waals surface area contributed by atoms with E-state index >= 15 is 0 Å². The van der Waals surface area contributed by atoms with Crippen LogP contribution >= 0.6 is 34.8 Å². The minimum absolute atomic E-state index is 0.0961. The maximum Gasteiger partial charge on any atom is 0.272 e. The van der Waals surface area contributed by atoms with Crippen molar-refractivity contribution in [3.05, 3.63) is 62.8 Å². The fourth-order valence-electron chi connectivity index (χ4n) is 1.49. The summed E-state index contributed by atoms with van der Waals surface area (Å²) in [4.78, 5) is 11.8. The lowest BCUT2D eigenvalue weighted by Crippen LogP contribution is -2.30. The molecule has 0 aliphatic rings. The number of amides is 1. The van der Waals surface area contributed by atoms with Gasteiger partial charge in [0.1, 0.15) is 5.82 Å². The zero-order valence-corrected chi connectivity index (χ0v) is 12.2. The Balaban J connectivity index is 2.14. The molecule has 104 valence electrons. The number of carbonyl (C=O) groups excluding carboxylic acids is 1. The summed E-state index contributed by atoms with van der Waals surface area (Å²) in [6.45, 7) is 0. The Hall–Kier alpha value is -1.49. The van der Waals surface area contributed by atoms with E-state index in [1.165, 1.54) is 30.3 Å². The number of anilines is 1. The monoisotopic (exact) mass is 332 g/mol. The Morgan fingerprint density at radius 1 is 1.05 bits per heavy atom. The molecular weight excluding hydrogens is 326 g/mol. The Morgan fingerprint density at radius 3 is 2.25 bits per heavy atom. The number of nitrogens with one attached hydrogen (secondary N) is 2. The van der Waals surface area contributed by atoms with Crippen LogP contribution in [0.1, 0.15) is 10.4 Å². The third kappa shape index (κ3) is 3.33. The number of carbonyl (C=O) groups is 1. The minimum atomic E-state index is -0.648. The van der Waals surface area contributed by atoms with Gasteiger partial charge in [-0.1, -0.05) is 46.9 Å². The first-order valence-electron chi connectivity index (χ1n) is 5.44. The smallest absolute Gasteiger partial charge is 0.272 e. The van der Waals surface area contributed by atoms with E-state index in [-0.39, 0.29) is 21.3 Å². The second kappa shape index (κ2) is 6.31. The van der Waals surface area contributed by atoms with Crippen LogP contribution in [-0.4, -0.2) is 5.91 Å². The van der Waals surface area contributed by atoms with Gasteiger partial charge in [-0.3, -0.25) is 15.6 Å². The largest absolute Gasteiger partial charge is 0.295 e. The molecule has 0 unspecified atom stereocenters. The third-order valence-corrected chi connectivity index (χ3v) is 3.24. The van der Waals surface area contributed by atoms with Gasteiger partial charge >= 0.3 is 0 Å². The molecule has 2 N–H and O–H groups in total. The molecule has 20 heavy (non-hydrogen) atoms. The van der Waals surface area contributed by atoms with E-state index in [1.54, 1.807) is 6.07 Å². The van der Waals surface area contributed by atoms with Crippen LogP contribution in [-0.2, 0) is 0 Å². The fourth-order valence-corrected chi connectivity index (χ4v) is 2.41. The lowest BCUT2D eigenvalue weighted by molar-refractivity contribution is 0.0958. The van der Waals surface area contributed by atoms with Gasteiger partial charge in [0, 0.05) is 5.02 Å². The van der Waals surface area contributed by atoms with E-state index in [1.807, 2.05) is 0 Å². The quantitative estimate of drug-likeness (QED) is 0.810. The van der Waals surface area contributed by atoms with Gasteiger partial charge in [0.15, 0.2) is 0 Å². The minimum Gasteiger partial charge on any atom is -0.295 e. The molecule has 1 amide bonds. The molecule has 0 fully saturated rings. The molecule has 0 saturated heterocycles. The van der Waals surface area contributed by atoms with Gasteiger partial charge in [-0.25, -0.2) is 4.39 Å². The molecule has 0 atom stereocenters. The average Bonchev–Trinajstić information content (AvgIpc) is 2.37. The van der Waals surface area contributed by atoms with Gasteiger partial charge in [-0.15, -0.1) is 0 Å². The molecule has 0 bridgehead atoms. The van der Waals surface area contributed by atoms with Crippen molar-refractivity contribution in [3.8, 4) is 0 Å². The van der Waals surface area contributed by atoms with Crippen molar-refractivity contribution in [1.29, 1.82) is 0 Å². The van der Waals surface area contributed by atoms with Crippen molar-refractivity contribution in [1.82, 2.24) is 5.43 Å². The SMILES string of the molecule is O=C(NNc1c(Cl)cc(Cl)cc1Cl)c1ccccc1F. The van der Waals surface area contributed by atoms with Gasteiger partial charge in [0.2, 0.25) is 0 Å². The maximum atomic E-state index is 13.4. The molecule has 3 nitrogen and oxygen atoms in total. The number of hydrogen-bond donors (Lipinski definition) is 2. The van der Waals surface area contributed by atoms with E-state index < -0.39 is 11.7 Å². The molecule has 0 radical (unpaired) electrons. The highest BCUT2D eigenvalue weighted by Gasteiger charge is 2.12. The summed E-state index contributed by atoms with van der Waals surface area (Å²) >= 11 is 17.6. The number of hydrazine groups is 1. The van der Waals surface area contributed by atoms with Crippen molar-refractivity contribution in [3.63, 3.8) is 0 Å². The van der Waals surface area contributed by atoms with E-state index in [2.05, 4.69) is 10.9 Å². The zero-order chi connectivity index (χ0) is 14.7. The van der Waals surface area contributed by atoms with Crippen LogP contribution < -0.4 is 10.9 Å². The highest BCUT2D eigenvalue weighted by Crippen LogP contribution is 2.33. The van der Waals surface area contributed by atoms with Crippen molar-refractivity contribution in [2.45, 2.75) is 0 Å². The fraction of sp³-hybridized carbons (Fsp3) is 0. The Morgan fingerprint density at radius 2 is 1.65 bits per heavy atom. The maximum absolute atomic E-state index is 13.4. The highest BCUT2D eigenvalue weighted by molar-refractivity contribution is 6.41. The molecule has 2 aromatic carbocycles. The molecule has 0 aliphatic carbocycles. The summed E-state index contributed by atoms with van der Waals surface area (Å²) in [6.07, 6.45) is 0. The van der Waals surface area contributed by atoms with Crippen LogP contribution in [0.2, 0.25) is 15.1 Å². The Kier molecular flexibility index (Phi) is 4.70. The first-order chi connectivity index (χ1) is 9.49. The van der Waals surface area contributed by atoms with Crippen molar-refractivity contribution in [2.24, 2.45) is 0 Å². The van der Waals surface area contributed by atoms with E-state index in [9.17, 15) is 9.18 Å². The van der Waals surface area contributed by atoms with Crippen LogP contribution in [0.25, 0.3) is 0 Å². The van der Waals surface area contributed by atoms with Gasteiger partial charge in [-0.05, 0) is 24.3 Å². The van der Waals surface area contributed by atoms with E-state index in [0.717, 1.165) is 0 Å². The molecule has 0 aromatic heterocycles. The molecule has 7 heteroatoms. The van der Waals surface area contributed by atoms with Crippen LogP contribution in [0.3, 0.4) is 0 Å². The average molecular weight is 334 g/mol. The van der Waals surface area contributed by atoms with Gasteiger partial charge in [0.25, 0.3) is 5.91 Å². The second-order valence-corrected chi connectivity index (χ2v) is 5.05. The normalized spacial score (nSPS) is 10.2. The molecule has 2 rings (SSSR count). The number of benzene rings is 2. The predicted octanol–water partition coefficient (Wildman–Crippen LogP) is 4.54. The molecular formula is C13H8Cl3FN2O. The van der Waals surface area contributed by atoms with E-state index in [4.69, 9.17) is 34.8 Å². The van der Waals surface area contributed by atoms with Crippen LogP contribution in [0.4, 0.5) is 10.1 Å². The predicted molar refractivity (Wildman–Crippen MR) is 79.0 cm³/mol. The third-order valence-electron chi connectivity index (χ3n) is 2.43. The Bertz CT molecular complexity index is 641. The number of hydrogen-bond acceptors (Lipinski definition) is 2. The summed E-state index contributed by atoms with van der Waals surface area (Å²) in [5.74, 6) is -1.27. The zero-order valence-electron chi connectivity index (χ0n) is 9.88. The summed E-state index contributed by atoms with van der Waals surface area (Å²) < 4.78 is 13.4. The van der Waals surface area contributed by atoms with Crippen LogP contribution in [0.5, 0.6) is 0 Å². The van der Waals surface area contributed by atoms with Crippen molar-refractivity contribution < 1.29 is 9.18 Å². The van der Waals surface area contributed by atoms with Gasteiger partial charge < -0.3 is 0 Å².